The lowest BCUT2D eigenvalue weighted by atomic mass is 10.4. The van der Waals surface area contributed by atoms with E-state index < -0.39 is 0 Å². The molecule has 0 bridgehead atoms. The van der Waals surface area contributed by atoms with Crippen molar-refractivity contribution >= 4 is 16.7 Å². The molecule has 0 spiro atoms. The van der Waals surface area contributed by atoms with Gasteiger partial charge in [0.1, 0.15) is 11.2 Å². The Morgan fingerprint density at radius 3 is 3.00 bits per heavy atom. The van der Waals surface area contributed by atoms with Gasteiger partial charge in [-0.15, -0.1) is 0 Å². The smallest absolute Gasteiger partial charge is 0.138 e. The molecule has 62 valence electrons. The van der Waals surface area contributed by atoms with E-state index >= 15 is 0 Å². The van der Waals surface area contributed by atoms with E-state index in [0.29, 0.717) is 0 Å². The Kier molecular flexibility index (Phi) is 1.14. The fourth-order valence-corrected chi connectivity index (χ4v) is 1.43. The Labute approximate surface area is 73.9 Å². The molecule has 13 heavy (non-hydrogen) atoms. The van der Waals surface area contributed by atoms with Crippen LogP contribution in [0.4, 0.5) is 0 Å². The SMILES string of the molecule is c1ccn2c(c1)nc1cnncc12. The van der Waals surface area contributed by atoms with Gasteiger partial charge in [-0.3, -0.25) is 4.40 Å². The molecule has 3 aromatic rings. The second kappa shape index (κ2) is 2.26. The van der Waals surface area contributed by atoms with E-state index in [4.69, 9.17) is 0 Å². The molecule has 3 heterocycles. The highest BCUT2D eigenvalue weighted by atomic mass is 15.1. The van der Waals surface area contributed by atoms with E-state index in [0.717, 1.165) is 16.7 Å². The molecule has 0 N–H and O–H groups in total. The number of pyridine rings is 1. The Bertz CT molecular complexity index is 519. The number of aromatic nitrogens is 4. The summed E-state index contributed by atoms with van der Waals surface area (Å²) in [4.78, 5) is 4.38. The van der Waals surface area contributed by atoms with Crippen LogP contribution in [0.5, 0.6) is 0 Å². The maximum Gasteiger partial charge on any atom is 0.138 e. The number of rotatable bonds is 0. The third-order valence-electron chi connectivity index (χ3n) is 2.02. The van der Waals surface area contributed by atoms with Crippen molar-refractivity contribution < 1.29 is 0 Å². The average Bonchev–Trinajstić information content (AvgIpc) is 2.56. The van der Waals surface area contributed by atoms with Crippen LogP contribution >= 0.6 is 0 Å². The van der Waals surface area contributed by atoms with Gasteiger partial charge in [0.2, 0.25) is 0 Å². The first-order chi connectivity index (χ1) is 6.45. The van der Waals surface area contributed by atoms with Gasteiger partial charge >= 0.3 is 0 Å². The normalized spacial score (nSPS) is 11.1. The molecule has 0 atom stereocenters. The quantitative estimate of drug-likeness (QED) is 0.510. The summed E-state index contributed by atoms with van der Waals surface area (Å²) in [6.45, 7) is 0. The van der Waals surface area contributed by atoms with Crippen LogP contribution in [0, 0.1) is 0 Å². The molecule has 4 nitrogen and oxygen atoms in total. The Morgan fingerprint density at radius 1 is 1.08 bits per heavy atom. The molecule has 0 amide bonds. The Balaban J connectivity index is 2.64. The van der Waals surface area contributed by atoms with Crippen molar-refractivity contribution in [2.45, 2.75) is 0 Å². The van der Waals surface area contributed by atoms with E-state index in [2.05, 4.69) is 15.2 Å². The van der Waals surface area contributed by atoms with Crippen molar-refractivity contribution in [2.75, 3.05) is 0 Å². The molecule has 0 radical (unpaired) electrons. The van der Waals surface area contributed by atoms with Gasteiger partial charge in [-0.25, -0.2) is 4.98 Å². The summed E-state index contributed by atoms with van der Waals surface area (Å²) in [5, 5.41) is 7.61. The van der Waals surface area contributed by atoms with Gasteiger partial charge in [0.05, 0.1) is 17.9 Å². The van der Waals surface area contributed by atoms with Gasteiger partial charge in [-0.1, -0.05) is 6.07 Å². The molecule has 0 aliphatic rings. The number of imidazole rings is 1. The summed E-state index contributed by atoms with van der Waals surface area (Å²) < 4.78 is 1.99. The summed E-state index contributed by atoms with van der Waals surface area (Å²) in [7, 11) is 0. The fourth-order valence-electron chi connectivity index (χ4n) is 1.43. The van der Waals surface area contributed by atoms with Crippen molar-refractivity contribution in [1.82, 2.24) is 19.6 Å². The Morgan fingerprint density at radius 2 is 2.00 bits per heavy atom. The van der Waals surface area contributed by atoms with Gasteiger partial charge in [0.25, 0.3) is 0 Å². The summed E-state index contributed by atoms with van der Waals surface area (Å²) in [5.41, 5.74) is 2.79. The predicted molar refractivity (Wildman–Crippen MR) is 48.3 cm³/mol. The van der Waals surface area contributed by atoms with Crippen molar-refractivity contribution in [3.8, 4) is 0 Å². The van der Waals surface area contributed by atoms with E-state index in [9.17, 15) is 0 Å². The van der Waals surface area contributed by atoms with Crippen LogP contribution in [0.3, 0.4) is 0 Å². The maximum absolute atomic E-state index is 4.38. The summed E-state index contributed by atoms with van der Waals surface area (Å²) in [5.74, 6) is 0. The first-order valence-corrected chi connectivity index (χ1v) is 3.99. The summed E-state index contributed by atoms with van der Waals surface area (Å²) in [6, 6.07) is 5.89. The molecule has 0 aromatic carbocycles. The van der Waals surface area contributed by atoms with Crippen molar-refractivity contribution in [2.24, 2.45) is 0 Å². The topological polar surface area (TPSA) is 43.1 Å². The molecule has 0 aliphatic heterocycles. The zero-order valence-electron chi connectivity index (χ0n) is 6.75. The average molecular weight is 170 g/mol. The van der Waals surface area contributed by atoms with Gasteiger partial charge in [-0.2, -0.15) is 10.2 Å². The largest absolute Gasteiger partial charge is 0.298 e. The first-order valence-electron chi connectivity index (χ1n) is 3.99. The molecular weight excluding hydrogens is 164 g/mol. The van der Waals surface area contributed by atoms with Crippen LogP contribution in [0.15, 0.2) is 36.8 Å². The fraction of sp³-hybridized carbons (Fsp3) is 0. The Hall–Kier alpha value is -1.97. The molecule has 3 aromatic heterocycles. The van der Waals surface area contributed by atoms with E-state index in [1.54, 1.807) is 12.4 Å². The summed E-state index contributed by atoms with van der Waals surface area (Å²) >= 11 is 0. The lowest BCUT2D eigenvalue weighted by Crippen LogP contribution is -1.83. The number of hydrogen-bond donors (Lipinski definition) is 0. The zero-order valence-corrected chi connectivity index (χ0v) is 6.75. The third kappa shape index (κ3) is 0.823. The molecule has 3 rings (SSSR count). The molecule has 0 aliphatic carbocycles. The predicted octanol–water partition coefficient (Wildman–Crippen LogP) is 1.28. The van der Waals surface area contributed by atoms with Gasteiger partial charge in [0, 0.05) is 6.20 Å². The second-order valence-corrected chi connectivity index (χ2v) is 2.80. The lowest BCUT2D eigenvalue weighted by molar-refractivity contribution is 1.04. The van der Waals surface area contributed by atoms with Crippen molar-refractivity contribution in [1.29, 1.82) is 0 Å². The highest BCUT2D eigenvalue weighted by Gasteiger charge is 2.01. The van der Waals surface area contributed by atoms with Crippen LogP contribution in [0.1, 0.15) is 0 Å². The number of nitrogens with zero attached hydrogens (tertiary/aromatic N) is 4. The van der Waals surface area contributed by atoms with E-state index in [1.807, 2.05) is 28.8 Å². The highest BCUT2D eigenvalue weighted by Crippen LogP contribution is 2.12. The number of hydrogen-bond acceptors (Lipinski definition) is 3. The van der Waals surface area contributed by atoms with Crippen LogP contribution in [-0.2, 0) is 0 Å². The standard InChI is InChI=1S/C9H6N4/c1-2-4-13-8-6-11-10-5-7(8)12-9(13)3-1/h1-6H. The van der Waals surface area contributed by atoms with Crippen LogP contribution in [-0.4, -0.2) is 19.6 Å². The summed E-state index contributed by atoms with van der Waals surface area (Å²) in [6.07, 6.45) is 5.35. The van der Waals surface area contributed by atoms with Crippen LogP contribution in [0.25, 0.3) is 16.7 Å². The van der Waals surface area contributed by atoms with Gasteiger partial charge < -0.3 is 0 Å². The van der Waals surface area contributed by atoms with Crippen molar-refractivity contribution in [3.63, 3.8) is 0 Å². The van der Waals surface area contributed by atoms with Crippen LogP contribution in [0.2, 0.25) is 0 Å². The van der Waals surface area contributed by atoms with Crippen LogP contribution < -0.4 is 0 Å². The molecule has 0 saturated carbocycles. The van der Waals surface area contributed by atoms with E-state index in [1.165, 1.54) is 0 Å². The lowest BCUT2D eigenvalue weighted by Gasteiger charge is -1.90. The molecular formula is C9H6N4. The second-order valence-electron chi connectivity index (χ2n) is 2.80. The monoisotopic (exact) mass is 170 g/mol. The third-order valence-corrected chi connectivity index (χ3v) is 2.02. The minimum Gasteiger partial charge on any atom is -0.298 e. The first kappa shape index (κ1) is 6.54. The molecule has 0 fully saturated rings. The maximum atomic E-state index is 4.38. The molecule has 0 unspecified atom stereocenters. The zero-order chi connectivity index (χ0) is 8.67. The highest BCUT2D eigenvalue weighted by molar-refractivity contribution is 5.78. The molecule has 4 heteroatoms. The molecule has 0 saturated heterocycles. The minimum atomic E-state index is 0.876. The number of fused-ring (bicyclic) bond motifs is 3. The van der Waals surface area contributed by atoms with Gasteiger partial charge in [0.15, 0.2) is 0 Å². The van der Waals surface area contributed by atoms with E-state index in [-0.39, 0.29) is 0 Å². The van der Waals surface area contributed by atoms with Crippen molar-refractivity contribution in [3.05, 3.63) is 36.8 Å². The van der Waals surface area contributed by atoms with Gasteiger partial charge in [-0.05, 0) is 12.1 Å². The minimum absolute atomic E-state index is 0.876.